The first-order chi connectivity index (χ1) is 8.99. The molecule has 106 valence electrons. The Bertz CT molecular complexity index is 421. The SMILES string of the molecule is Cc1cc(NC(=O)CCNCCN(C)C)ccc1Br. The van der Waals surface area contributed by atoms with Gasteiger partial charge in [0.05, 0.1) is 0 Å². The minimum absolute atomic E-state index is 0.0408. The van der Waals surface area contributed by atoms with E-state index < -0.39 is 0 Å². The van der Waals surface area contributed by atoms with Gasteiger partial charge in [0, 0.05) is 36.2 Å². The van der Waals surface area contributed by atoms with Crippen molar-refractivity contribution < 1.29 is 4.79 Å². The number of hydrogen-bond donors (Lipinski definition) is 2. The number of benzene rings is 1. The molecule has 0 unspecified atom stereocenters. The summed E-state index contributed by atoms with van der Waals surface area (Å²) in [5.74, 6) is 0.0408. The van der Waals surface area contributed by atoms with Crippen molar-refractivity contribution in [1.82, 2.24) is 10.2 Å². The summed E-state index contributed by atoms with van der Waals surface area (Å²) in [4.78, 5) is 13.8. The van der Waals surface area contributed by atoms with E-state index in [1.165, 1.54) is 0 Å². The standard InChI is InChI=1S/C14H22BrN3O/c1-11-10-12(4-5-13(11)15)17-14(19)6-7-16-8-9-18(2)3/h4-5,10,16H,6-9H2,1-3H3,(H,17,19). The van der Waals surface area contributed by atoms with Crippen molar-refractivity contribution in [2.45, 2.75) is 13.3 Å². The van der Waals surface area contributed by atoms with Crippen LogP contribution in [0, 0.1) is 6.92 Å². The van der Waals surface area contributed by atoms with Crippen molar-refractivity contribution in [2.24, 2.45) is 0 Å². The Hall–Kier alpha value is -0.910. The lowest BCUT2D eigenvalue weighted by Crippen LogP contribution is -2.29. The molecule has 2 N–H and O–H groups in total. The Morgan fingerprint density at radius 3 is 2.68 bits per heavy atom. The normalized spacial score (nSPS) is 10.8. The Morgan fingerprint density at radius 1 is 1.32 bits per heavy atom. The second-order valence-corrected chi connectivity index (χ2v) is 5.67. The number of carbonyl (C=O) groups excluding carboxylic acids is 1. The number of rotatable bonds is 7. The van der Waals surface area contributed by atoms with E-state index in [0.717, 1.165) is 28.8 Å². The largest absolute Gasteiger partial charge is 0.326 e. The monoisotopic (exact) mass is 327 g/mol. The first-order valence-electron chi connectivity index (χ1n) is 6.40. The average molecular weight is 328 g/mol. The van der Waals surface area contributed by atoms with E-state index in [1.807, 2.05) is 39.2 Å². The summed E-state index contributed by atoms with van der Waals surface area (Å²) in [5.41, 5.74) is 1.96. The molecule has 1 amide bonds. The fraction of sp³-hybridized carbons (Fsp3) is 0.500. The van der Waals surface area contributed by atoms with Crippen LogP contribution in [-0.2, 0) is 4.79 Å². The van der Waals surface area contributed by atoms with Gasteiger partial charge in [0.15, 0.2) is 0 Å². The number of halogens is 1. The van der Waals surface area contributed by atoms with Crippen molar-refractivity contribution in [3.05, 3.63) is 28.2 Å². The van der Waals surface area contributed by atoms with Crippen LogP contribution in [0.5, 0.6) is 0 Å². The third-order valence-corrected chi connectivity index (χ3v) is 3.60. The van der Waals surface area contributed by atoms with E-state index in [2.05, 4.69) is 31.5 Å². The minimum atomic E-state index is 0.0408. The zero-order valence-corrected chi connectivity index (χ0v) is 13.4. The number of amides is 1. The van der Waals surface area contributed by atoms with E-state index in [4.69, 9.17) is 0 Å². The summed E-state index contributed by atoms with van der Waals surface area (Å²) in [7, 11) is 4.06. The highest BCUT2D eigenvalue weighted by atomic mass is 79.9. The molecule has 0 bridgehead atoms. The summed E-state index contributed by atoms with van der Waals surface area (Å²) in [6, 6.07) is 5.80. The zero-order chi connectivity index (χ0) is 14.3. The van der Waals surface area contributed by atoms with Crippen LogP contribution < -0.4 is 10.6 Å². The molecule has 0 radical (unpaired) electrons. The van der Waals surface area contributed by atoms with Crippen LogP contribution in [0.4, 0.5) is 5.69 Å². The van der Waals surface area contributed by atoms with Gasteiger partial charge in [-0.2, -0.15) is 0 Å². The Labute approximate surface area is 123 Å². The maximum absolute atomic E-state index is 11.7. The van der Waals surface area contributed by atoms with Gasteiger partial charge in [-0.05, 0) is 44.8 Å². The first-order valence-corrected chi connectivity index (χ1v) is 7.20. The molecule has 0 aliphatic heterocycles. The molecule has 4 nitrogen and oxygen atoms in total. The van der Waals surface area contributed by atoms with Crippen molar-refractivity contribution in [2.75, 3.05) is 39.0 Å². The molecule has 5 heteroatoms. The number of likely N-dealkylation sites (N-methyl/N-ethyl adjacent to an activating group) is 1. The second-order valence-electron chi connectivity index (χ2n) is 4.82. The van der Waals surface area contributed by atoms with Gasteiger partial charge in [-0.1, -0.05) is 15.9 Å². The molecule has 1 rings (SSSR count). The first kappa shape index (κ1) is 16.1. The second kappa shape index (κ2) is 8.30. The van der Waals surface area contributed by atoms with Crippen molar-refractivity contribution >= 4 is 27.5 Å². The summed E-state index contributed by atoms with van der Waals surface area (Å²) in [6.45, 7) is 4.59. The van der Waals surface area contributed by atoms with Gasteiger partial charge in [0.25, 0.3) is 0 Å². The average Bonchev–Trinajstić information content (AvgIpc) is 2.33. The van der Waals surface area contributed by atoms with Crippen LogP contribution in [0.25, 0.3) is 0 Å². The molecule has 19 heavy (non-hydrogen) atoms. The lowest BCUT2D eigenvalue weighted by atomic mass is 10.2. The molecule has 0 saturated heterocycles. The number of aryl methyl sites for hydroxylation is 1. The molecule has 0 spiro atoms. The molecular formula is C14H22BrN3O. The van der Waals surface area contributed by atoms with E-state index in [9.17, 15) is 4.79 Å². The summed E-state index contributed by atoms with van der Waals surface area (Å²) in [6.07, 6.45) is 0.489. The molecular weight excluding hydrogens is 306 g/mol. The quantitative estimate of drug-likeness (QED) is 0.755. The van der Waals surface area contributed by atoms with Gasteiger partial charge < -0.3 is 15.5 Å². The number of hydrogen-bond acceptors (Lipinski definition) is 3. The van der Waals surface area contributed by atoms with Crippen molar-refractivity contribution in [3.63, 3.8) is 0 Å². The van der Waals surface area contributed by atoms with Crippen molar-refractivity contribution in [3.8, 4) is 0 Å². The van der Waals surface area contributed by atoms with E-state index in [-0.39, 0.29) is 5.91 Å². The van der Waals surface area contributed by atoms with Crippen LogP contribution >= 0.6 is 15.9 Å². The van der Waals surface area contributed by atoms with Gasteiger partial charge >= 0.3 is 0 Å². The van der Waals surface area contributed by atoms with Crippen LogP contribution in [0.1, 0.15) is 12.0 Å². The maximum atomic E-state index is 11.7. The smallest absolute Gasteiger partial charge is 0.225 e. The third-order valence-electron chi connectivity index (χ3n) is 2.71. The fourth-order valence-electron chi connectivity index (χ4n) is 1.58. The number of nitrogens with one attached hydrogen (secondary N) is 2. The Balaban J connectivity index is 2.25. The zero-order valence-electron chi connectivity index (χ0n) is 11.8. The van der Waals surface area contributed by atoms with Crippen LogP contribution in [0.15, 0.2) is 22.7 Å². The molecule has 1 aromatic carbocycles. The Morgan fingerprint density at radius 2 is 2.05 bits per heavy atom. The lowest BCUT2D eigenvalue weighted by molar-refractivity contribution is -0.116. The number of carbonyl (C=O) groups is 1. The topological polar surface area (TPSA) is 44.4 Å². The number of nitrogens with zero attached hydrogens (tertiary/aromatic N) is 1. The Kier molecular flexibility index (Phi) is 7.05. The van der Waals surface area contributed by atoms with Gasteiger partial charge in [-0.3, -0.25) is 4.79 Å². The van der Waals surface area contributed by atoms with Gasteiger partial charge in [0.1, 0.15) is 0 Å². The molecule has 0 atom stereocenters. The minimum Gasteiger partial charge on any atom is -0.326 e. The van der Waals surface area contributed by atoms with Gasteiger partial charge in [-0.25, -0.2) is 0 Å². The molecule has 0 aliphatic carbocycles. The van der Waals surface area contributed by atoms with Crippen LogP contribution in [-0.4, -0.2) is 44.5 Å². The highest BCUT2D eigenvalue weighted by Gasteiger charge is 2.03. The van der Waals surface area contributed by atoms with E-state index in [0.29, 0.717) is 13.0 Å². The summed E-state index contributed by atoms with van der Waals surface area (Å²) >= 11 is 3.44. The fourth-order valence-corrected chi connectivity index (χ4v) is 1.82. The summed E-state index contributed by atoms with van der Waals surface area (Å²) in [5, 5.41) is 6.14. The summed E-state index contributed by atoms with van der Waals surface area (Å²) < 4.78 is 1.05. The highest BCUT2D eigenvalue weighted by Crippen LogP contribution is 2.19. The van der Waals surface area contributed by atoms with Crippen LogP contribution in [0.2, 0.25) is 0 Å². The van der Waals surface area contributed by atoms with Crippen LogP contribution in [0.3, 0.4) is 0 Å². The van der Waals surface area contributed by atoms with E-state index >= 15 is 0 Å². The third kappa shape index (κ3) is 6.71. The van der Waals surface area contributed by atoms with Gasteiger partial charge in [-0.15, -0.1) is 0 Å². The molecule has 0 aliphatic rings. The predicted molar refractivity (Wildman–Crippen MR) is 83.5 cm³/mol. The maximum Gasteiger partial charge on any atom is 0.225 e. The molecule has 0 fully saturated rings. The van der Waals surface area contributed by atoms with Gasteiger partial charge in [0.2, 0.25) is 5.91 Å². The van der Waals surface area contributed by atoms with Crippen molar-refractivity contribution in [1.29, 1.82) is 0 Å². The van der Waals surface area contributed by atoms with E-state index in [1.54, 1.807) is 0 Å². The molecule has 1 aromatic rings. The molecule has 0 saturated carbocycles. The number of anilines is 1. The lowest BCUT2D eigenvalue weighted by Gasteiger charge is -2.10. The molecule has 0 heterocycles. The molecule has 0 aromatic heterocycles. The highest BCUT2D eigenvalue weighted by molar-refractivity contribution is 9.10. The predicted octanol–water partition coefficient (Wildman–Crippen LogP) is 2.24.